The summed E-state index contributed by atoms with van der Waals surface area (Å²) in [4.78, 5) is 28.5. The van der Waals surface area contributed by atoms with Crippen molar-refractivity contribution < 1.29 is 4.79 Å². The Kier molecular flexibility index (Phi) is 4.68. The van der Waals surface area contributed by atoms with Crippen molar-refractivity contribution >= 4 is 17.1 Å². The van der Waals surface area contributed by atoms with Gasteiger partial charge in [-0.3, -0.25) is 4.57 Å². The van der Waals surface area contributed by atoms with E-state index in [0.29, 0.717) is 24.1 Å². The van der Waals surface area contributed by atoms with Crippen molar-refractivity contribution in [3.05, 3.63) is 46.4 Å². The molecule has 2 aromatic rings. The van der Waals surface area contributed by atoms with Crippen molar-refractivity contribution in [3.8, 4) is 0 Å². The number of rotatable bonds is 3. The first kappa shape index (κ1) is 18.0. The van der Waals surface area contributed by atoms with E-state index in [2.05, 4.69) is 17.3 Å². The number of carbonyl (C=O) groups excluding carboxylic acids is 1. The zero-order chi connectivity index (χ0) is 19.1. The number of amides is 1. The van der Waals surface area contributed by atoms with Crippen LogP contribution in [0, 0.1) is 0 Å². The third-order valence-electron chi connectivity index (χ3n) is 6.15. The molecule has 2 aliphatic rings. The number of carbonyl (C=O) groups is 1. The highest BCUT2D eigenvalue weighted by atomic mass is 16.2. The van der Waals surface area contributed by atoms with Crippen molar-refractivity contribution in [1.29, 1.82) is 0 Å². The second kappa shape index (κ2) is 7.00. The van der Waals surface area contributed by atoms with Gasteiger partial charge >= 0.3 is 11.7 Å². The maximum atomic E-state index is 13.0. The maximum absolute atomic E-state index is 13.0. The van der Waals surface area contributed by atoms with Crippen LogP contribution in [-0.2, 0) is 6.54 Å². The second-order valence-electron chi connectivity index (χ2n) is 8.17. The first-order valence-corrected chi connectivity index (χ1v) is 9.82. The minimum absolute atomic E-state index is 0.137. The summed E-state index contributed by atoms with van der Waals surface area (Å²) in [6.07, 6.45) is 6.34. The summed E-state index contributed by atoms with van der Waals surface area (Å²) in [6.45, 7) is 4.48. The Labute approximate surface area is 159 Å². The number of imidazole rings is 1. The first-order chi connectivity index (χ1) is 13.0. The van der Waals surface area contributed by atoms with Crippen LogP contribution in [0.25, 0.3) is 11.0 Å². The number of aromatic nitrogens is 2. The minimum Gasteiger partial charge on any atom is -0.334 e. The van der Waals surface area contributed by atoms with E-state index in [4.69, 9.17) is 0 Å². The molecule has 1 amide bonds. The van der Waals surface area contributed by atoms with E-state index in [1.807, 2.05) is 44.2 Å². The molecule has 2 fully saturated rings. The van der Waals surface area contributed by atoms with Crippen molar-refractivity contribution in [2.24, 2.45) is 0 Å². The van der Waals surface area contributed by atoms with Gasteiger partial charge in [0.15, 0.2) is 0 Å². The van der Waals surface area contributed by atoms with Crippen molar-refractivity contribution in [2.45, 2.75) is 64.2 Å². The van der Waals surface area contributed by atoms with Gasteiger partial charge in [-0.05, 0) is 58.7 Å². The van der Waals surface area contributed by atoms with Crippen LogP contribution in [0.1, 0.15) is 39.5 Å². The zero-order valence-electron chi connectivity index (χ0n) is 16.3. The lowest BCUT2D eigenvalue weighted by Crippen LogP contribution is -2.50. The molecule has 3 heterocycles. The van der Waals surface area contributed by atoms with E-state index in [0.717, 1.165) is 23.9 Å². The van der Waals surface area contributed by atoms with Gasteiger partial charge in [-0.15, -0.1) is 0 Å². The van der Waals surface area contributed by atoms with E-state index in [-0.39, 0.29) is 17.8 Å². The number of nitrogens with zero attached hydrogens (tertiary/aromatic N) is 3. The molecule has 0 spiro atoms. The summed E-state index contributed by atoms with van der Waals surface area (Å²) in [5.74, 6) is 0. The molecule has 2 aliphatic heterocycles. The lowest BCUT2D eigenvalue weighted by Gasteiger charge is -2.36. The Balaban J connectivity index is 1.63. The fourth-order valence-electron chi connectivity index (χ4n) is 4.62. The number of hydrogen-bond donors (Lipinski definition) is 1. The van der Waals surface area contributed by atoms with Gasteiger partial charge in [-0.1, -0.05) is 23.8 Å². The lowest BCUT2D eigenvalue weighted by molar-refractivity contribution is 0.149. The lowest BCUT2D eigenvalue weighted by atomic mass is 9.98. The molecular weight excluding hydrogens is 340 g/mol. The summed E-state index contributed by atoms with van der Waals surface area (Å²) < 4.78 is 2.97. The van der Waals surface area contributed by atoms with Crippen LogP contribution in [0.2, 0.25) is 0 Å². The SMILES string of the molecule is CC(C)=CCn1c(=O)n(C(=O)NC2C[C@H]3CC[C@@H](C2)N3C)c2ccccc21. The van der Waals surface area contributed by atoms with Gasteiger partial charge in [0.1, 0.15) is 0 Å². The summed E-state index contributed by atoms with van der Waals surface area (Å²) in [6, 6.07) is 8.43. The van der Waals surface area contributed by atoms with Crippen LogP contribution in [0.4, 0.5) is 4.79 Å². The van der Waals surface area contributed by atoms with Gasteiger partial charge in [0.25, 0.3) is 0 Å². The Morgan fingerprint density at radius 2 is 1.78 bits per heavy atom. The van der Waals surface area contributed by atoms with Crippen molar-refractivity contribution in [1.82, 2.24) is 19.4 Å². The van der Waals surface area contributed by atoms with Crippen LogP contribution in [0.15, 0.2) is 40.7 Å². The van der Waals surface area contributed by atoms with Gasteiger partial charge in [-0.2, -0.15) is 0 Å². The van der Waals surface area contributed by atoms with E-state index < -0.39 is 0 Å². The molecule has 2 bridgehead atoms. The fraction of sp³-hybridized carbons (Fsp3) is 0.524. The van der Waals surface area contributed by atoms with Crippen molar-refractivity contribution in [3.63, 3.8) is 0 Å². The highest BCUT2D eigenvalue weighted by Gasteiger charge is 2.39. The van der Waals surface area contributed by atoms with Crippen molar-refractivity contribution in [2.75, 3.05) is 7.05 Å². The molecule has 3 atom stereocenters. The standard InChI is InChI=1S/C21H28N4O2/c1-14(2)10-11-24-18-6-4-5-7-19(18)25(21(24)27)20(26)22-15-12-16-8-9-17(13-15)23(16)3/h4-7,10,15-17H,8-9,11-13H2,1-3H3,(H,22,26)/t15?,16-,17+. The van der Waals surface area contributed by atoms with E-state index in [1.54, 1.807) is 4.57 Å². The first-order valence-electron chi connectivity index (χ1n) is 9.82. The molecule has 144 valence electrons. The molecular formula is C21H28N4O2. The Morgan fingerprint density at radius 1 is 1.15 bits per heavy atom. The average molecular weight is 368 g/mol. The molecule has 6 nitrogen and oxygen atoms in total. The predicted octanol–water partition coefficient (Wildman–Crippen LogP) is 2.95. The molecule has 1 unspecified atom stereocenters. The summed E-state index contributed by atoms with van der Waals surface area (Å²) in [5.41, 5.74) is 2.32. The van der Waals surface area contributed by atoms with E-state index >= 15 is 0 Å². The monoisotopic (exact) mass is 368 g/mol. The van der Waals surface area contributed by atoms with Crippen LogP contribution < -0.4 is 11.0 Å². The molecule has 0 saturated carbocycles. The molecule has 0 aliphatic carbocycles. The highest BCUT2D eigenvalue weighted by Crippen LogP contribution is 2.34. The molecule has 6 heteroatoms. The van der Waals surface area contributed by atoms with Gasteiger partial charge in [0.2, 0.25) is 0 Å². The summed E-state index contributed by atoms with van der Waals surface area (Å²) in [5, 5.41) is 3.14. The number of benzene rings is 1. The molecule has 1 aromatic carbocycles. The topological polar surface area (TPSA) is 59.3 Å². The quantitative estimate of drug-likeness (QED) is 0.848. The molecule has 4 rings (SSSR count). The number of allylic oxidation sites excluding steroid dienone is 2. The van der Waals surface area contributed by atoms with Crippen LogP contribution in [0.3, 0.4) is 0 Å². The molecule has 1 aromatic heterocycles. The normalized spacial score (nSPS) is 24.9. The Bertz CT molecular complexity index is 937. The largest absolute Gasteiger partial charge is 0.337 e. The number of para-hydroxylation sites is 2. The molecule has 1 N–H and O–H groups in total. The van der Waals surface area contributed by atoms with Gasteiger partial charge in [0.05, 0.1) is 11.0 Å². The van der Waals surface area contributed by atoms with Crippen LogP contribution in [0.5, 0.6) is 0 Å². The molecule has 2 saturated heterocycles. The Morgan fingerprint density at radius 3 is 2.41 bits per heavy atom. The Hall–Kier alpha value is -2.34. The summed E-state index contributed by atoms with van der Waals surface area (Å²) in [7, 11) is 2.18. The molecule has 0 radical (unpaired) electrons. The van der Waals surface area contributed by atoms with E-state index in [9.17, 15) is 9.59 Å². The van der Waals surface area contributed by atoms with Gasteiger partial charge < -0.3 is 10.2 Å². The van der Waals surface area contributed by atoms with Gasteiger partial charge in [0, 0.05) is 24.7 Å². The smallest absolute Gasteiger partial charge is 0.334 e. The third-order valence-corrected chi connectivity index (χ3v) is 6.15. The third kappa shape index (κ3) is 3.23. The average Bonchev–Trinajstić information content (AvgIpc) is 3.00. The second-order valence-corrected chi connectivity index (χ2v) is 8.17. The maximum Gasteiger partial charge on any atom is 0.337 e. The van der Waals surface area contributed by atoms with Crippen LogP contribution in [-0.4, -0.2) is 45.2 Å². The molecule has 27 heavy (non-hydrogen) atoms. The number of hydrogen-bond acceptors (Lipinski definition) is 3. The number of fused-ring (bicyclic) bond motifs is 3. The number of nitrogens with one attached hydrogen (secondary N) is 1. The minimum atomic E-state index is -0.305. The highest BCUT2D eigenvalue weighted by molar-refractivity contribution is 5.89. The van der Waals surface area contributed by atoms with E-state index in [1.165, 1.54) is 17.4 Å². The predicted molar refractivity (Wildman–Crippen MR) is 107 cm³/mol. The van der Waals surface area contributed by atoms with Gasteiger partial charge in [-0.25, -0.2) is 14.2 Å². The van der Waals surface area contributed by atoms with Crippen LogP contribution >= 0.6 is 0 Å². The number of piperidine rings is 1. The summed E-state index contributed by atoms with van der Waals surface area (Å²) >= 11 is 0. The fourth-order valence-corrected chi connectivity index (χ4v) is 4.62. The zero-order valence-corrected chi connectivity index (χ0v) is 16.3.